The van der Waals surface area contributed by atoms with Gasteiger partial charge in [0, 0.05) is 6.61 Å². The van der Waals surface area contributed by atoms with Gasteiger partial charge < -0.3 is 9.53 Å². The predicted octanol–water partition coefficient (Wildman–Crippen LogP) is -0.962. The summed E-state index contributed by atoms with van der Waals surface area (Å²) in [5, 5.41) is 0. The third kappa shape index (κ3) is 10.7. The van der Waals surface area contributed by atoms with E-state index >= 15 is 0 Å². The van der Waals surface area contributed by atoms with E-state index in [1.54, 1.807) is 0 Å². The molecule has 0 amide bonds. The zero-order valence-electron chi connectivity index (χ0n) is 3.81. The first-order valence-electron chi connectivity index (χ1n) is 1.93. The fourth-order valence-corrected chi connectivity index (χ4v) is 0.166. The number of hydrogen-bond acceptors (Lipinski definition) is 2. The van der Waals surface area contributed by atoms with Crippen LogP contribution in [0.4, 0.5) is 0 Å². The Morgan fingerprint density at radius 3 is 2.43 bits per heavy atom. The average molecular weight is 161 g/mol. The first-order valence-corrected chi connectivity index (χ1v) is 1.93. The first kappa shape index (κ1) is 10.3. The summed E-state index contributed by atoms with van der Waals surface area (Å²) < 4.78 is 4.61. The summed E-state index contributed by atoms with van der Waals surface area (Å²) in [4.78, 5) is 9.44. The van der Waals surface area contributed by atoms with Crippen LogP contribution in [0.25, 0.3) is 0 Å². The van der Waals surface area contributed by atoms with Crippen molar-refractivity contribution in [3.8, 4) is 0 Å². The molecule has 0 aromatic rings. The molecular weight excluding hydrogens is 150 g/mol. The van der Waals surface area contributed by atoms with E-state index in [0.717, 1.165) is 6.29 Å². The van der Waals surface area contributed by atoms with Crippen molar-refractivity contribution in [3.05, 3.63) is 0 Å². The quantitative estimate of drug-likeness (QED) is 0.302. The summed E-state index contributed by atoms with van der Waals surface area (Å²) in [5.41, 5.74) is 0. The van der Waals surface area contributed by atoms with Crippen molar-refractivity contribution >= 4 is 26.1 Å². The SMILES string of the molecule is CCOCC=O.[GaH3]. The predicted molar refractivity (Wildman–Crippen MR) is 32.5 cm³/mol. The van der Waals surface area contributed by atoms with Gasteiger partial charge in [0.05, 0.1) is 0 Å². The fourth-order valence-electron chi connectivity index (χ4n) is 0.166. The molecule has 0 heterocycles. The minimum absolute atomic E-state index is 0. The van der Waals surface area contributed by atoms with Crippen LogP contribution in [0.15, 0.2) is 0 Å². The Kier molecular flexibility index (Phi) is 14.0. The van der Waals surface area contributed by atoms with Gasteiger partial charge in [-0.25, -0.2) is 0 Å². The Balaban J connectivity index is 0. The second-order valence-corrected chi connectivity index (χ2v) is 0.826. The van der Waals surface area contributed by atoms with Crippen molar-refractivity contribution in [2.45, 2.75) is 6.92 Å². The monoisotopic (exact) mass is 160 g/mol. The molecule has 0 fully saturated rings. The Labute approximate surface area is 56.3 Å². The maximum atomic E-state index is 9.44. The number of hydrogen-bond donors (Lipinski definition) is 0. The van der Waals surface area contributed by atoms with E-state index in [4.69, 9.17) is 0 Å². The average Bonchev–Trinajstić information content (AvgIpc) is 1.61. The van der Waals surface area contributed by atoms with Crippen LogP contribution in [0.1, 0.15) is 6.92 Å². The third-order valence-corrected chi connectivity index (χ3v) is 0.390. The van der Waals surface area contributed by atoms with Gasteiger partial charge in [-0.05, 0) is 6.92 Å². The zero-order valence-corrected chi connectivity index (χ0v) is 3.81. The van der Waals surface area contributed by atoms with Gasteiger partial charge in [-0.2, -0.15) is 0 Å². The van der Waals surface area contributed by atoms with E-state index in [0.29, 0.717) is 6.61 Å². The molecule has 42 valence electrons. The van der Waals surface area contributed by atoms with Crippen LogP contribution in [0, 0.1) is 0 Å². The molecule has 0 unspecified atom stereocenters. The van der Waals surface area contributed by atoms with E-state index < -0.39 is 0 Å². The Morgan fingerprint density at radius 1 is 1.71 bits per heavy atom. The van der Waals surface area contributed by atoms with Gasteiger partial charge in [0.1, 0.15) is 12.9 Å². The topological polar surface area (TPSA) is 26.3 Å². The molecule has 7 heavy (non-hydrogen) atoms. The van der Waals surface area contributed by atoms with Crippen LogP contribution in [0.2, 0.25) is 0 Å². The Bertz CT molecular complexity index is 38.7. The number of aldehydes is 1. The summed E-state index contributed by atoms with van der Waals surface area (Å²) >= 11 is 0. The van der Waals surface area contributed by atoms with Gasteiger partial charge in [0.25, 0.3) is 0 Å². The molecule has 0 aliphatic rings. The van der Waals surface area contributed by atoms with Gasteiger partial charge in [0.2, 0.25) is 0 Å². The van der Waals surface area contributed by atoms with Gasteiger partial charge >= 0.3 is 19.8 Å². The summed E-state index contributed by atoms with van der Waals surface area (Å²) in [6.45, 7) is 2.71. The van der Waals surface area contributed by atoms with Crippen LogP contribution >= 0.6 is 0 Å². The van der Waals surface area contributed by atoms with Crippen LogP contribution < -0.4 is 0 Å². The van der Waals surface area contributed by atoms with E-state index in [1.807, 2.05) is 6.92 Å². The molecule has 0 aliphatic heterocycles. The molecule has 3 heteroatoms. The van der Waals surface area contributed by atoms with Gasteiger partial charge in [-0.15, -0.1) is 0 Å². The number of carbonyl (C=O) groups is 1. The van der Waals surface area contributed by atoms with Crippen LogP contribution in [0.3, 0.4) is 0 Å². The van der Waals surface area contributed by atoms with E-state index in [2.05, 4.69) is 4.74 Å². The van der Waals surface area contributed by atoms with E-state index in [1.165, 1.54) is 0 Å². The molecule has 2 nitrogen and oxygen atoms in total. The summed E-state index contributed by atoms with van der Waals surface area (Å²) in [7, 11) is 0. The molecule has 0 spiro atoms. The summed E-state index contributed by atoms with van der Waals surface area (Å²) in [6.07, 6.45) is 0.740. The number of rotatable bonds is 3. The third-order valence-electron chi connectivity index (χ3n) is 0.390. The van der Waals surface area contributed by atoms with Crippen LogP contribution in [-0.2, 0) is 9.53 Å². The standard InChI is InChI=1S/C4H8O2.Ga.3H/c1-2-6-4-3-5;;;;/h3H,2,4H2,1H3;;;;. The maximum absolute atomic E-state index is 9.44. The van der Waals surface area contributed by atoms with Crippen molar-refractivity contribution < 1.29 is 9.53 Å². The molecule has 0 aromatic carbocycles. The number of carbonyl (C=O) groups excluding carboxylic acids is 1. The molecule has 0 rings (SSSR count). The van der Waals surface area contributed by atoms with Crippen molar-refractivity contribution in [2.24, 2.45) is 0 Å². The van der Waals surface area contributed by atoms with Crippen LogP contribution in [-0.4, -0.2) is 39.3 Å². The van der Waals surface area contributed by atoms with E-state index in [9.17, 15) is 4.79 Å². The van der Waals surface area contributed by atoms with Crippen molar-refractivity contribution in [2.75, 3.05) is 13.2 Å². The molecule has 0 atom stereocenters. The molecule has 0 aromatic heterocycles. The van der Waals surface area contributed by atoms with Crippen molar-refractivity contribution in [1.29, 1.82) is 0 Å². The van der Waals surface area contributed by atoms with E-state index in [-0.39, 0.29) is 26.4 Å². The molecule has 0 N–H and O–H groups in total. The normalized spacial score (nSPS) is 7.00. The van der Waals surface area contributed by atoms with Gasteiger partial charge in [0.15, 0.2) is 0 Å². The molecule has 0 saturated heterocycles. The number of ether oxygens (including phenoxy) is 1. The fraction of sp³-hybridized carbons (Fsp3) is 0.750. The van der Waals surface area contributed by atoms with Crippen molar-refractivity contribution in [1.82, 2.24) is 0 Å². The van der Waals surface area contributed by atoms with Gasteiger partial charge in [-0.3, -0.25) is 0 Å². The molecule has 0 bridgehead atoms. The zero-order chi connectivity index (χ0) is 4.83. The van der Waals surface area contributed by atoms with Crippen molar-refractivity contribution in [3.63, 3.8) is 0 Å². The summed E-state index contributed by atoms with van der Waals surface area (Å²) in [5.74, 6) is 0. The Hall–Kier alpha value is 0.266. The first-order chi connectivity index (χ1) is 2.91. The second kappa shape index (κ2) is 9.55. The molecule has 0 radical (unpaired) electrons. The van der Waals surface area contributed by atoms with Crippen LogP contribution in [0.5, 0.6) is 0 Å². The molecule has 0 saturated carbocycles. The second-order valence-electron chi connectivity index (χ2n) is 0.826. The Morgan fingerprint density at radius 2 is 2.29 bits per heavy atom. The minimum atomic E-state index is 0. The summed E-state index contributed by atoms with van der Waals surface area (Å²) in [6, 6.07) is 0. The molecular formula is C4H11GaO2. The van der Waals surface area contributed by atoms with Gasteiger partial charge in [-0.1, -0.05) is 0 Å². The molecule has 0 aliphatic carbocycles.